The molecule has 0 saturated heterocycles. The summed E-state index contributed by atoms with van der Waals surface area (Å²) in [6.07, 6.45) is 1.94. The lowest BCUT2D eigenvalue weighted by molar-refractivity contribution is -0.275. The Balaban J connectivity index is 0.000000194. The predicted octanol–water partition coefficient (Wildman–Crippen LogP) is 9.31. The Morgan fingerprint density at radius 1 is 0.627 bits per heavy atom. The molecule has 260 valence electrons. The molecule has 0 aliphatic rings. The summed E-state index contributed by atoms with van der Waals surface area (Å²) in [6, 6.07) is 21.3. The van der Waals surface area contributed by atoms with Crippen LogP contribution in [0.2, 0.25) is 10.3 Å². The second-order valence-electron chi connectivity index (χ2n) is 9.36. The van der Waals surface area contributed by atoms with Gasteiger partial charge in [0.15, 0.2) is 0 Å². The third kappa shape index (κ3) is 12.2. The Bertz CT molecular complexity index is 2130. The minimum absolute atomic E-state index is 0.243. The largest absolute Gasteiger partial charge is 0.573 e. The molecule has 4 heterocycles. The van der Waals surface area contributed by atoms with Crippen molar-refractivity contribution >= 4 is 45.8 Å². The fourth-order valence-corrected chi connectivity index (χ4v) is 4.47. The molecule has 0 fully saturated rings. The number of hydrogen-bond donors (Lipinski definition) is 0. The molecule has 2 aromatic carbocycles. The van der Waals surface area contributed by atoms with Gasteiger partial charge in [-0.3, -0.25) is 0 Å². The van der Waals surface area contributed by atoms with Crippen molar-refractivity contribution < 1.29 is 35.8 Å². The lowest BCUT2D eigenvalue weighted by Crippen LogP contribution is -2.17. The van der Waals surface area contributed by atoms with E-state index in [2.05, 4.69) is 47.4 Å². The summed E-state index contributed by atoms with van der Waals surface area (Å²) in [6.45, 7) is 0. The van der Waals surface area contributed by atoms with E-state index in [4.69, 9.17) is 29.6 Å². The first kappa shape index (κ1) is 38.6. The van der Waals surface area contributed by atoms with Crippen molar-refractivity contribution in [1.82, 2.24) is 29.5 Å². The molecule has 0 saturated carbocycles. The van der Waals surface area contributed by atoms with Gasteiger partial charge in [-0.25, -0.2) is 19.3 Å². The zero-order valence-corrected chi connectivity index (χ0v) is 29.0. The molecule has 17 heteroatoms. The van der Waals surface area contributed by atoms with E-state index >= 15 is 0 Å². The zero-order chi connectivity index (χ0) is 37.0. The number of nitrogens with zero attached hydrogens (tertiary/aromatic N) is 6. The number of alkyl halides is 6. The average molecular weight is 855 g/mol. The van der Waals surface area contributed by atoms with E-state index < -0.39 is 12.7 Å². The van der Waals surface area contributed by atoms with E-state index in [1.807, 2.05) is 40.8 Å². The Labute approximate surface area is 310 Å². The summed E-state index contributed by atoms with van der Waals surface area (Å²) < 4.78 is 83.6. The number of halogens is 9. The van der Waals surface area contributed by atoms with Crippen LogP contribution in [0.3, 0.4) is 0 Å². The number of terminal acetylenes is 1. The molecule has 0 aliphatic carbocycles. The zero-order valence-electron chi connectivity index (χ0n) is 25.4. The summed E-state index contributed by atoms with van der Waals surface area (Å²) in [5.41, 5.74) is 2.78. The standard InChI is InChI=1S/C17H9ClF3N3O.C10H5ClF3IN2O.C7H5N/c18-16-12(4-5-13-3-1-2-10-22-13)11-23-24(16)14-6-8-15(9-7-14)25-17(19,20)21;11-9-8(15)5-16-17(9)6-1-3-7(4-2-6)18-10(12,13)14;1-2-7-5-3-4-6-8-7/h1-3,6-11H;1-5H;1,3-6H. The molecule has 0 unspecified atom stereocenters. The molecule has 0 bridgehead atoms. The molecule has 6 rings (SSSR count). The summed E-state index contributed by atoms with van der Waals surface area (Å²) in [5, 5.41) is 8.75. The lowest BCUT2D eigenvalue weighted by atomic mass is 10.3. The van der Waals surface area contributed by atoms with Gasteiger partial charge in [0, 0.05) is 12.4 Å². The van der Waals surface area contributed by atoms with Gasteiger partial charge in [0.2, 0.25) is 0 Å². The highest BCUT2D eigenvalue weighted by atomic mass is 127. The summed E-state index contributed by atoms with van der Waals surface area (Å²) >= 11 is 14.2. The van der Waals surface area contributed by atoms with Crippen molar-refractivity contribution in [3.8, 4) is 47.1 Å². The molecule has 0 radical (unpaired) electrons. The molecule has 0 atom stereocenters. The summed E-state index contributed by atoms with van der Waals surface area (Å²) in [5.74, 6) is 7.52. The van der Waals surface area contributed by atoms with Crippen LogP contribution in [0, 0.1) is 27.8 Å². The van der Waals surface area contributed by atoms with Gasteiger partial charge in [0.25, 0.3) is 0 Å². The van der Waals surface area contributed by atoms with Gasteiger partial charge < -0.3 is 9.47 Å². The van der Waals surface area contributed by atoms with Gasteiger partial charge >= 0.3 is 12.7 Å². The number of rotatable bonds is 4. The Hall–Kier alpha value is -5.23. The fourth-order valence-electron chi connectivity index (χ4n) is 3.69. The first-order chi connectivity index (χ1) is 24.2. The van der Waals surface area contributed by atoms with E-state index in [1.165, 1.54) is 64.1 Å². The third-order valence-electron chi connectivity index (χ3n) is 5.81. The summed E-state index contributed by atoms with van der Waals surface area (Å²) in [4.78, 5) is 7.94. The van der Waals surface area contributed by atoms with E-state index in [0.29, 0.717) is 33.5 Å². The lowest BCUT2D eigenvalue weighted by Gasteiger charge is -2.09. The van der Waals surface area contributed by atoms with Crippen molar-refractivity contribution in [1.29, 1.82) is 0 Å². The van der Waals surface area contributed by atoms with Gasteiger partial charge in [-0.15, -0.1) is 32.8 Å². The van der Waals surface area contributed by atoms with Crippen molar-refractivity contribution in [2.45, 2.75) is 12.7 Å². The minimum Gasteiger partial charge on any atom is -0.406 e. The van der Waals surface area contributed by atoms with Crippen LogP contribution in [0.5, 0.6) is 11.5 Å². The van der Waals surface area contributed by atoms with E-state index in [-0.39, 0.29) is 16.7 Å². The number of aromatic nitrogens is 6. The first-order valence-electron chi connectivity index (χ1n) is 13.9. The predicted molar refractivity (Wildman–Crippen MR) is 186 cm³/mol. The second kappa shape index (κ2) is 17.6. The molecule has 0 aliphatic heterocycles. The van der Waals surface area contributed by atoms with Crippen molar-refractivity contribution in [3.05, 3.63) is 141 Å². The number of ether oxygens (including phenoxy) is 2. The van der Waals surface area contributed by atoms with E-state index in [9.17, 15) is 26.3 Å². The maximum absolute atomic E-state index is 12.2. The third-order valence-corrected chi connectivity index (χ3v) is 7.65. The van der Waals surface area contributed by atoms with Crippen molar-refractivity contribution in [2.75, 3.05) is 0 Å². The Morgan fingerprint density at radius 3 is 1.49 bits per heavy atom. The highest BCUT2D eigenvalue weighted by Crippen LogP contribution is 2.27. The molecule has 0 amide bonds. The van der Waals surface area contributed by atoms with Crippen LogP contribution >= 0.6 is 45.8 Å². The maximum Gasteiger partial charge on any atom is 0.573 e. The number of benzene rings is 2. The van der Waals surface area contributed by atoms with Gasteiger partial charge in [-0.2, -0.15) is 10.2 Å². The number of pyridine rings is 2. The smallest absolute Gasteiger partial charge is 0.406 e. The van der Waals surface area contributed by atoms with Crippen LogP contribution in [-0.4, -0.2) is 42.3 Å². The summed E-state index contributed by atoms with van der Waals surface area (Å²) in [7, 11) is 0. The highest BCUT2D eigenvalue weighted by Gasteiger charge is 2.31. The normalized spacial score (nSPS) is 10.7. The SMILES string of the molecule is C#Cc1ccccn1.FC(F)(F)Oc1ccc(-n2ncc(C#Cc3ccccn3)c2Cl)cc1.FC(F)(F)Oc1ccc(-n2ncc(I)c2Cl)cc1. The molecule has 4 aromatic heterocycles. The Kier molecular flexibility index (Phi) is 13.3. The molecular weight excluding hydrogens is 836 g/mol. The van der Waals surface area contributed by atoms with Crippen LogP contribution in [-0.2, 0) is 0 Å². The van der Waals surface area contributed by atoms with Crippen LogP contribution in [0.1, 0.15) is 17.0 Å². The van der Waals surface area contributed by atoms with Gasteiger partial charge in [0.1, 0.15) is 33.2 Å². The second-order valence-corrected chi connectivity index (χ2v) is 11.2. The minimum atomic E-state index is -4.74. The molecular formula is C34H19Cl2F6IN6O2. The highest BCUT2D eigenvalue weighted by molar-refractivity contribution is 14.1. The maximum atomic E-state index is 12.2. The molecule has 0 N–H and O–H groups in total. The van der Waals surface area contributed by atoms with E-state index in [1.54, 1.807) is 36.8 Å². The van der Waals surface area contributed by atoms with Crippen LogP contribution in [0.25, 0.3) is 11.4 Å². The average Bonchev–Trinajstić information content (AvgIpc) is 3.64. The monoisotopic (exact) mass is 854 g/mol. The van der Waals surface area contributed by atoms with Crippen LogP contribution in [0.15, 0.2) is 110 Å². The van der Waals surface area contributed by atoms with Crippen molar-refractivity contribution in [3.63, 3.8) is 0 Å². The fraction of sp³-hybridized carbons (Fsp3) is 0.0588. The van der Waals surface area contributed by atoms with Gasteiger partial charge in [-0.1, -0.05) is 47.2 Å². The van der Waals surface area contributed by atoms with Crippen molar-refractivity contribution in [2.24, 2.45) is 0 Å². The van der Waals surface area contributed by atoms with Gasteiger partial charge in [-0.05, 0) is 101 Å². The molecule has 0 spiro atoms. The molecule has 51 heavy (non-hydrogen) atoms. The first-order valence-corrected chi connectivity index (χ1v) is 15.7. The Morgan fingerprint density at radius 2 is 1.10 bits per heavy atom. The van der Waals surface area contributed by atoms with E-state index in [0.717, 1.165) is 3.57 Å². The molecule has 6 aromatic rings. The van der Waals surface area contributed by atoms with Gasteiger partial charge in [0.05, 0.1) is 32.9 Å². The molecule has 8 nitrogen and oxygen atoms in total. The topological polar surface area (TPSA) is 79.9 Å². The number of hydrogen-bond acceptors (Lipinski definition) is 6. The van der Waals surface area contributed by atoms with Crippen LogP contribution in [0.4, 0.5) is 26.3 Å². The van der Waals surface area contributed by atoms with Crippen LogP contribution < -0.4 is 9.47 Å². The quantitative estimate of drug-likeness (QED) is 0.100.